The Morgan fingerprint density at radius 3 is 2.48 bits per heavy atom. The highest BCUT2D eigenvalue weighted by atomic mass is 79.9. The van der Waals surface area contributed by atoms with Gasteiger partial charge in [0, 0.05) is 18.0 Å². The molecule has 0 unspecified atom stereocenters. The molecular weight excluding hydrogens is 333 g/mol. The smallest absolute Gasteiger partial charge is 0.141 e. The van der Waals surface area contributed by atoms with E-state index in [1.165, 1.54) is 6.07 Å². The molecular formula is C17H13BrFNO. The lowest BCUT2D eigenvalue weighted by atomic mass is 10.0. The maximum absolute atomic E-state index is 13.6. The summed E-state index contributed by atoms with van der Waals surface area (Å²) >= 11 is 3.13. The summed E-state index contributed by atoms with van der Waals surface area (Å²) in [6, 6.07) is 16.4. The van der Waals surface area contributed by atoms with Crippen LogP contribution < -0.4 is 10.5 Å². The van der Waals surface area contributed by atoms with E-state index < -0.39 is 0 Å². The van der Waals surface area contributed by atoms with Gasteiger partial charge in [-0.15, -0.1) is 0 Å². The quantitative estimate of drug-likeness (QED) is 0.725. The molecule has 0 aliphatic carbocycles. The fourth-order valence-corrected chi connectivity index (χ4v) is 2.51. The van der Waals surface area contributed by atoms with Crippen molar-refractivity contribution < 1.29 is 9.13 Å². The first-order valence-corrected chi connectivity index (χ1v) is 7.32. The van der Waals surface area contributed by atoms with Crippen molar-refractivity contribution >= 4 is 26.7 Å². The zero-order valence-electron chi connectivity index (χ0n) is 11.1. The van der Waals surface area contributed by atoms with E-state index in [4.69, 9.17) is 10.5 Å². The average Bonchev–Trinajstić information content (AvgIpc) is 2.51. The first-order valence-electron chi connectivity index (χ1n) is 6.52. The Morgan fingerprint density at radius 1 is 1.00 bits per heavy atom. The SMILES string of the molecule is NCc1ccc(Oc2ccc(Br)c(F)c2)c2ccccc12. The molecule has 0 radical (unpaired) electrons. The van der Waals surface area contributed by atoms with E-state index in [9.17, 15) is 4.39 Å². The van der Waals surface area contributed by atoms with Crippen LogP contribution in [0.15, 0.2) is 59.1 Å². The Labute approximate surface area is 130 Å². The van der Waals surface area contributed by atoms with Gasteiger partial charge in [-0.25, -0.2) is 4.39 Å². The first-order chi connectivity index (χ1) is 10.2. The second-order valence-electron chi connectivity index (χ2n) is 4.65. The van der Waals surface area contributed by atoms with Crippen LogP contribution in [0.1, 0.15) is 5.56 Å². The molecule has 0 saturated carbocycles. The molecule has 0 atom stereocenters. The summed E-state index contributed by atoms with van der Waals surface area (Å²) in [7, 11) is 0. The molecule has 0 aromatic heterocycles. The van der Waals surface area contributed by atoms with E-state index in [0.29, 0.717) is 22.5 Å². The van der Waals surface area contributed by atoms with Crippen molar-refractivity contribution in [1.82, 2.24) is 0 Å². The average molecular weight is 346 g/mol. The van der Waals surface area contributed by atoms with E-state index in [2.05, 4.69) is 15.9 Å². The summed E-state index contributed by atoms with van der Waals surface area (Å²) in [6.07, 6.45) is 0. The number of hydrogen-bond acceptors (Lipinski definition) is 2. The molecule has 2 N–H and O–H groups in total. The maximum atomic E-state index is 13.6. The van der Waals surface area contributed by atoms with Crippen LogP contribution in [0.25, 0.3) is 10.8 Å². The van der Waals surface area contributed by atoms with Gasteiger partial charge in [0.15, 0.2) is 0 Å². The van der Waals surface area contributed by atoms with Crippen LogP contribution >= 0.6 is 15.9 Å². The Balaban J connectivity index is 2.06. The number of rotatable bonds is 3. The number of benzene rings is 3. The fraction of sp³-hybridized carbons (Fsp3) is 0.0588. The van der Waals surface area contributed by atoms with Crippen molar-refractivity contribution in [2.24, 2.45) is 5.73 Å². The predicted octanol–water partition coefficient (Wildman–Crippen LogP) is 4.99. The molecule has 4 heteroatoms. The molecule has 0 spiro atoms. The lowest BCUT2D eigenvalue weighted by Crippen LogP contribution is -1.98. The largest absolute Gasteiger partial charge is 0.457 e. The van der Waals surface area contributed by atoms with Gasteiger partial charge in [0.1, 0.15) is 17.3 Å². The van der Waals surface area contributed by atoms with Crippen LogP contribution in [0, 0.1) is 5.82 Å². The summed E-state index contributed by atoms with van der Waals surface area (Å²) in [5, 5.41) is 2.01. The van der Waals surface area contributed by atoms with Crippen LogP contribution in [0.3, 0.4) is 0 Å². The highest BCUT2D eigenvalue weighted by Gasteiger charge is 2.08. The van der Waals surface area contributed by atoms with Gasteiger partial charge in [-0.3, -0.25) is 0 Å². The van der Waals surface area contributed by atoms with Crippen molar-refractivity contribution in [2.75, 3.05) is 0 Å². The van der Waals surface area contributed by atoms with Gasteiger partial charge in [-0.2, -0.15) is 0 Å². The minimum Gasteiger partial charge on any atom is -0.457 e. The standard InChI is InChI=1S/C17H13BrFNO/c18-15-7-6-12(9-16(15)19)21-17-8-5-11(10-20)13-3-1-2-4-14(13)17/h1-9H,10,20H2. The number of halogens is 2. The maximum Gasteiger partial charge on any atom is 0.141 e. The molecule has 0 bridgehead atoms. The molecule has 0 aliphatic heterocycles. The first kappa shape index (κ1) is 14.0. The van der Waals surface area contributed by atoms with Gasteiger partial charge in [0.2, 0.25) is 0 Å². The zero-order valence-corrected chi connectivity index (χ0v) is 12.7. The number of nitrogens with two attached hydrogens (primary N) is 1. The molecule has 3 rings (SSSR count). The van der Waals surface area contributed by atoms with Crippen molar-refractivity contribution in [1.29, 1.82) is 0 Å². The molecule has 0 heterocycles. The van der Waals surface area contributed by atoms with E-state index in [1.807, 2.05) is 36.4 Å². The van der Waals surface area contributed by atoms with Gasteiger partial charge in [-0.1, -0.05) is 30.3 Å². The number of hydrogen-bond donors (Lipinski definition) is 1. The Hall–Kier alpha value is -1.91. The van der Waals surface area contributed by atoms with Gasteiger partial charge < -0.3 is 10.5 Å². The van der Waals surface area contributed by atoms with Crippen LogP contribution in [0.4, 0.5) is 4.39 Å². The molecule has 0 fully saturated rings. The zero-order chi connectivity index (χ0) is 14.8. The summed E-state index contributed by atoms with van der Waals surface area (Å²) in [5.74, 6) is 0.793. The van der Waals surface area contributed by atoms with Gasteiger partial charge in [0.05, 0.1) is 4.47 Å². The van der Waals surface area contributed by atoms with Gasteiger partial charge in [-0.05, 0) is 45.1 Å². The minimum atomic E-state index is -0.351. The van der Waals surface area contributed by atoms with Crippen LogP contribution in [0.5, 0.6) is 11.5 Å². The number of ether oxygens (including phenoxy) is 1. The molecule has 106 valence electrons. The van der Waals surface area contributed by atoms with Crippen molar-refractivity contribution in [3.63, 3.8) is 0 Å². The topological polar surface area (TPSA) is 35.2 Å². The summed E-state index contributed by atoms with van der Waals surface area (Å²) in [5.41, 5.74) is 6.81. The molecule has 0 amide bonds. The minimum absolute atomic E-state index is 0.351. The third kappa shape index (κ3) is 2.77. The normalized spacial score (nSPS) is 10.8. The molecule has 3 aromatic carbocycles. The van der Waals surface area contributed by atoms with Gasteiger partial charge >= 0.3 is 0 Å². The van der Waals surface area contributed by atoms with Crippen molar-refractivity contribution in [2.45, 2.75) is 6.54 Å². The second-order valence-corrected chi connectivity index (χ2v) is 5.50. The molecule has 0 aliphatic rings. The number of fused-ring (bicyclic) bond motifs is 1. The Morgan fingerprint density at radius 2 is 1.76 bits per heavy atom. The third-order valence-corrected chi connectivity index (χ3v) is 3.96. The van der Waals surface area contributed by atoms with Gasteiger partial charge in [0.25, 0.3) is 0 Å². The lowest BCUT2D eigenvalue weighted by Gasteiger charge is -2.12. The monoisotopic (exact) mass is 345 g/mol. The van der Waals surface area contributed by atoms with Crippen LogP contribution in [0.2, 0.25) is 0 Å². The summed E-state index contributed by atoms with van der Waals surface area (Å²) in [4.78, 5) is 0. The highest BCUT2D eigenvalue weighted by Crippen LogP contribution is 2.33. The Bertz CT molecular complexity index is 804. The summed E-state index contributed by atoms with van der Waals surface area (Å²) < 4.78 is 19.8. The van der Waals surface area contributed by atoms with E-state index in [-0.39, 0.29) is 5.82 Å². The third-order valence-electron chi connectivity index (χ3n) is 3.31. The summed E-state index contributed by atoms with van der Waals surface area (Å²) in [6.45, 7) is 0.466. The molecule has 3 aromatic rings. The van der Waals surface area contributed by atoms with E-state index >= 15 is 0 Å². The lowest BCUT2D eigenvalue weighted by molar-refractivity contribution is 0.481. The van der Waals surface area contributed by atoms with E-state index in [0.717, 1.165) is 16.3 Å². The van der Waals surface area contributed by atoms with Crippen LogP contribution in [-0.4, -0.2) is 0 Å². The fourth-order valence-electron chi connectivity index (χ4n) is 2.27. The highest BCUT2D eigenvalue weighted by molar-refractivity contribution is 9.10. The predicted molar refractivity (Wildman–Crippen MR) is 86.0 cm³/mol. The molecule has 2 nitrogen and oxygen atoms in total. The van der Waals surface area contributed by atoms with Crippen LogP contribution in [-0.2, 0) is 6.54 Å². The Kier molecular flexibility index (Phi) is 3.90. The second kappa shape index (κ2) is 5.84. The molecule has 21 heavy (non-hydrogen) atoms. The molecule has 0 saturated heterocycles. The van der Waals surface area contributed by atoms with Crippen molar-refractivity contribution in [3.05, 3.63) is 70.5 Å². The van der Waals surface area contributed by atoms with Crippen molar-refractivity contribution in [3.8, 4) is 11.5 Å². The van der Waals surface area contributed by atoms with E-state index in [1.54, 1.807) is 12.1 Å².